The third-order valence-corrected chi connectivity index (χ3v) is 3.21. The van der Waals surface area contributed by atoms with E-state index in [1.54, 1.807) is 6.07 Å². The van der Waals surface area contributed by atoms with E-state index in [0.717, 1.165) is 11.1 Å². The van der Waals surface area contributed by atoms with E-state index >= 15 is 0 Å². The average molecular weight is 288 g/mol. The van der Waals surface area contributed by atoms with Crippen molar-refractivity contribution in [2.45, 2.75) is 13.3 Å². The molecule has 0 bridgehead atoms. The van der Waals surface area contributed by atoms with Crippen LogP contribution < -0.4 is 16.8 Å². The summed E-state index contributed by atoms with van der Waals surface area (Å²) in [6.07, 6.45) is 2.11. The number of nitrogens with zero attached hydrogens (tertiary/aromatic N) is 1. The summed E-state index contributed by atoms with van der Waals surface area (Å²) in [5.41, 5.74) is 13.3. The number of aromatic nitrogens is 1. The topological polar surface area (TPSA) is 94.0 Å². The highest BCUT2D eigenvalue weighted by atomic mass is 19.1. The second-order valence-corrected chi connectivity index (χ2v) is 4.77. The van der Waals surface area contributed by atoms with Gasteiger partial charge in [-0.1, -0.05) is 6.07 Å². The van der Waals surface area contributed by atoms with Gasteiger partial charge < -0.3 is 16.8 Å². The third-order valence-electron chi connectivity index (χ3n) is 3.21. The van der Waals surface area contributed by atoms with Crippen LogP contribution in [0.25, 0.3) is 0 Å². The molecule has 0 aliphatic heterocycles. The van der Waals surface area contributed by atoms with Crippen LogP contribution in [0, 0.1) is 12.7 Å². The minimum atomic E-state index is -0.590. The summed E-state index contributed by atoms with van der Waals surface area (Å²) in [6, 6.07) is 6.23. The number of halogens is 1. The maximum absolute atomic E-state index is 13.0. The molecular weight excluding hydrogens is 271 g/mol. The average Bonchev–Trinajstić information content (AvgIpc) is 2.42. The quantitative estimate of drug-likeness (QED) is 0.782. The van der Waals surface area contributed by atoms with Crippen LogP contribution in [0.15, 0.2) is 30.5 Å². The molecule has 0 saturated heterocycles. The number of hydrogen-bond acceptors (Lipinski definition) is 4. The first-order valence-corrected chi connectivity index (χ1v) is 6.51. The van der Waals surface area contributed by atoms with Crippen LogP contribution >= 0.6 is 0 Å². The third kappa shape index (κ3) is 3.68. The highest BCUT2D eigenvalue weighted by Crippen LogP contribution is 2.15. The Morgan fingerprint density at radius 3 is 2.81 bits per heavy atom. The molecule has 1 aromatic carbocycles. The first kappa shape index (κ1) is 14.8. The summed E-state index contributed by atoms with van der Waals surface area (Å²) >= 11 is 0. The molecule has 0 aliphatic carbocycles. The van der Waals surface area contributed by atoms with Crippen molar-refractivity contribution in [1.82, 2.24) is 4.98 Å². The summed E-state index contributed by atoms with van der Waals surface area (Å²) in [4.78, 5) is 15.3. The molecule has 21 heavy (non-hydrogen) atoms. The summed E-state index contributed by atoms with van der Waals surface area (Å²) in [6.45, 7) is 2.46. The standard InChI is InChI=1S/C15H17FN4O/c1-9-6-11(16)3-2-10(9)4-5-19-14-7-12(15(18)21)13(17)8-20-14/h2-3,6-8H,4-5,17H2,1H3,(H2,18,21)(H,19,20). The Morgan fingerprint density at radius 2 is 2.14 bits per heavy atom. The Bertz CT molecular complexity index is 673. The van der Waals surface area contributed by atoms with Gasteiger partial charge in [-0.05, 0) is 42.7 Å². The van der Waals surface area contributed by atoms with Crippen LogP contribution in [0.5, 0.6) is 0 Å². The fraction of sp³-hybridized carbons (Fsp3) is 0.200. The number of primary amides is 1. The molecule has 2 aromatic rings. The number of hydrogen-bond donors (Lipinski definition) is 3. The lowest BCUT2D eigenvalue weighted by Gasteiger charge is -2.09. The second-order valence-electron chi connectivity index (χ2n) is 4.77. The van der Waals surface area contributed by atoms with Crippen molar-refractivity contribution in [3.63, 3.8) is 0 Å². The van der Waals surface area contributed by atoms with Crippen LogP contribution in [0.4, 0.5) is 15.9 Å². The van der Waals surface area contributed by atoms with Crippen LogP contribution in [-0.2, 0) is 6.42 Å². The predicted molar refractivity (Wildman–Crippen MR) is 80.5 cm³/mol. The number of rotatable bonds is 5. The highest BCUT2D eigenvalue weighted by Gasteiger charge is 2.07. The molecule has 110 valence electrons. The van der Waals surface area contributed by atoms with E-state index in [2.05, 4.69) is 10.3 Å². The Balaban J connectivity index is 2.00. The van der Waals surface area contributed by atoms with Crippen LogP contribution in [0.3, 0.4) is 0 Å². The minimum Gasteiger partial charge on any atom is -0.397 e. The minimum absolute atomic E-state index is 0.240. The van der Waals surface area contributed by atoms with Crippen LogP contribution in [-0.4, -0.2) is 17.4 Å². The normalized spacial score (nSPS) is 10.4. The number of aryl methyl sites for hydroxylation is 1. The molecule has 1 heterocycles. The van der Waals surface area contributed by atoms with E-state index in [-0.39, 0.29) is 17.1 Å². The lowest BCUT2D eigenvalue weighted by atomic mass is 10.1. The van der Waals surface area contributed by atoms with Gasteiger partial charge in [0.1, 0.15) is 11.6 Å². The number of nitrogens with one attached hydrogen (secondary N) is 1. The molecule has 0 saturated carbocycles. The van der Waals surface area contributed by atoms with Crippen molar-refractivity contribution in [3.05, 3.63) is 53.0 Å². The summed E-state index contributed by atoms with van der Waals surface area (Å²) in [5, 5.41) is 3.09. The number of benzene rings is 1. The zero-order valence-electron chi connectivity index (χ0n) is 11.7. The number of anilines is 2. The lowest BCUT2D eigenvalue weighted by Crippen LogP contribution is -2.15. The van der Waals surface area contributed by atoms with E-state index in [1.165, 1.54) is 24.4 Å². The molecule has 0 atom stereocenters. The first-order valence-electron chi connectivity index (χ1n) is 6.51. The molecule has 5 N–H and O–H groups in total. The summed E-state index contributed by atoms with van der Waals surface area (Å²) < 4.78 is 13.0. The fourth-order valence-corrected chi connectivity index (χ4v) is 2.04. The molecule has 0 aliphatic rings. The van der Waals surface area contributed by atoms with Gasteiger partial charge in [0.15, 0.2) is 0 Å². The monoisotopic (exact) mass is 288 g/mol. The molecule has 0 unspecified atom stereocenters. The number of nitrogens with two attached hydrogens (primary N) is 2. The van der Waals surface area contributed by atoms with Gasteiger partial charge in [0.2, 0.25) is 0 Å². The molecule has 0 radical (unpaired) electrons. The number of nitrogen functional groups attached to an aromatic ring is 1. The summed E-state index contributed by atoms with van der Waals surface area (Å²) in [5.74, 6) is -0.305. The fourth-order valence-electron chi connectivity index (χ4n) is 2.04. The molecule has 0 fully saturated rings. The van der Waals surface area contributed by atoms with Gasteiger partial charge >= 0.3 is 0 Å². The molecule has 6 heteroatoms. The molecule has 1 aromatic heterocycles. The molecular formula is C15H17FN4O. The first-order chi connectivity index (χ1) is 9.97. The highest BCUT2D eigenvalue weighted by molar-refractivity contribution is 5.98. The SMILES string of the molecule is Cc1cc(F)ccc1CCNc1cc(C(N)=O)c(N)cn1. The Kier molecular flexibility index (Phi) is 4.37. The van der Waals surface area contributed by atoms with E-state index < -0.39 is 5.91 Å². The van der Waals surface area contributed by atoms with Crippen LogP contribution in [0.1, 0.15) is 21.5 Å². The van der Waals surface area contributed by atoms with Gasteiger partial charge in [0.05, 0.1) is 17.4 Å². The Hall–Kier alpha value is -2.63. The van der Waals surface area contributed by atoms with Gasteiger partial charge in [-0.2, -0.15) is 0 Å². The summed E-state index contributed by atoms with van der Waals surface area (Å²) in [7, 11) is 0. The van der Waals surface area contributed by atoms with Gasteiger partial charge in [-0.15, -0.1) is 0 Å². The number of pyridine rings is 1. The van der Waals surface area contributed by atoms with Gasteiger partial charge in [0.25, 0.3) is 5.91 Å². The molecule has 0 spiro atoms. The molecule has 5 nitrogen and oxygen atoms in total. The molecule has 1 amide bonds. The number of carbonyl (C=O) groups excluding carboxylic acids is 1. The van der Waals surface area contributed by atoms with Crippen molar-refractivity contribution in [2.75, 3.05) is 17.6 Å². The zero-order chi connectivity index (χ0) is 15.4. The maximum Gasteiger partial charge on any atom is 0.250 e. The zero-order valence-corrected chi connectivity index (χ0v) is 11.7. The van der Waals surface area contributed by atoms with Crippen molar-refractivity contribution in [1.29, 1.82) is 0 Å². The van der Waals surface area contributed by atoms with Crippen molar-refractivity contribution in [3.8, 4) is 0 Å². The van der Waals surface area contributed by atoms with Gasteiger partial charge in [-0.25, -0.2) is 9.37 Å². The number of carbonyl (C=O) groups is 1. The van der Waals surface area contributed by atoms with Crippen molar-refractivity contribution >= 4 is 17.4 Å². The van der Waals surface area contributed by atoms with E-state index in [9.17, 15) is 9.18 Å². The van der Waals surface area contributed by atoms with E-state index in [1.807, 2.05) is 6.92 Å². The number of amides is 1. The van der Waals surface area contributed by atoms with Gasteiger partial charge in [-0.3, -0.25) is 4.79 Å². The lowest BCUT2D eigenvalue weighted by molar-refractivity contribution is 0.100. The van der Waals surface area contributed by atoms with E-state index in [4.69, 9.17) is 11.5 Å². The second kappa shape index (κ2) is 6.21. The van der Waals surface area contributed by atoms with Crippen LogP contribution in [0.2, 0.25) is 0 Å². The predicted octanol–water partition coefficient (Wildman–Crippen LogP) is 1.86. The van der Waals surface area contributed by atoms with Crippen molar-refractivity contribution in [2.24, 2.45) is 5.73 Å². The molecule has 2 rings (SSSR count). The Labute approximate surface area is 122 Å². The smallest absolute Gasteiger partial charge is 0.250 e. The van der Waals surface area contributed by atoms with Gasteiger partial charge in [0, 0.05) is 6.54 Å². The maximum atomic E-state index is 13.0. The van der Waals surface area contributed by atoms with Crippen molar-refractivity contribution < 1.29 is 9.18 Å². The van der Waals surface area contributed by atoms with E-state index in [0.29, 0.717) is 18.8 Å². The largest absolute Gasteiger partial charge is 0.397 e. The Morgan fingerprint density at radius 1 is 1.38 bits per heavy atom.